The van der Waals surface area contributed by atoms with Gasteiger partial charge in [0, 0.05) is 17.3 Å². The van der Waals surface area contributed by atoms with Crippen LogP contribution in [-0.2, 0) is 4.74 Å². The molecule has 0 spiro atoms. The standard InChI is InChI=1S/C13H18ClNO/c1-9-7-11(14)4-6-13(9)15-8-12-5-3-10(2)16-12/h4,6-7,10,12,15H,3,5,8H2,1-2H3. The molecule has 16 heavy (non-hydrogen) atoms. The fourth-order valence-electron chi connectivity index (χ4n) is 2.08. The first-order valence-corrected chi connectivity index (χ1v) is 6.18. The van der Waals surface area contributed by atoms with Gasteiger partial charge in [0.25, 0.3) is 0 Å². The molecular formula is C13H18ClNO. The normalized spacial score (nSPS) is 24.7. The van der Waals surface area contributed by atoms with Crippen LogP contribution >= 0.6 is 11.6 Å². The number of ether oxygens (including phenoxy) is 1. The van der Waals surface area contributed by atoms with Gasteiger partial charge in [-0.05, 0) is 50.5 Å². The van der Waals surface area contributed by atoms with E-state index in [-0.39, 0.29) is 0 Å². The summed E-state index contributed by atoms with van der Waals surface area (Å²) in [7, 11) is 0. The zero-order chi connectivity index (χ0) is 11.5. The van der Waals surface area contributed by atoms with Crippen LogP contribution in [0.1, 0.15) is 25.3 Å². The molecule has 1 saturated heterocycles. The third-order valence-corrected chi connectivity index (χ3v) is 3.26. The van der Waals surface area contributed by atoms with Crippen LogP contribution in [0.5, 0.6) is 0 Å². The number of hydrogen-bond acceptors (Lipinski definition) is 2. The minimum Gasteiger partial charge on any atom is -0.382 e. The summed E-state index contributed by atoms with van der Waals surface area (Å²) in [5.41, 5.74) is 2.33. The van der Waals surface area contributed by atoms with Crippen molar-refractivity contribution in [3.8, 4) is 0 Å². The summed E-state index contributed by atoms with van der Waals surface area (Å²) < 4.78 is 5.76. The van der Waals surface area contributed by atoms with Crippen LogP contribution in [0.3, 0.4) is 0 Å². The molecule has 0 radical (unpaired) electrons. The molecule has 1 fully saturated rings. The maximum absolute atomic E-state index is 5.91. The summed E-state index contributed by atoms with van der Waals surface area (Å²) in [6.07, 6.45) is 3.09. The largest absolute Gasteiger partial charge is 0.382 e. The Morgan fingerprint density at radius 1 is 1.44 bits per heavy atom. The Morgan fingerprint density at radius 3 is 2.88 bits per heavy atom. The maximum Gasteiger partial charge on any atom is 0.0751 e. The van der Waals surface area contributed by atoms with E-state index in [9.17, 15) is 0 Å². The summed E-state index contributed by atoms with van der Waals surface area (Å²) in [4.78, 5) is 0. The first-order chi connectivity index (χ1) is 7.65. The zero-order valence-corrected chi connectivity index (χ0v) is 10.6. The Morgan fingerprint density at radius 2 is 2.25 bits per heavy atom. The number of hydrogen-bond donors (Lipinski definition) is 1. The summed E-state index contributed by atoms with van der Waals surface area (Å²) in [5.74, 6) is 0. The van der Waals surface area contributed by atoms with Crippen LogP contribution in [0.4, 0.5) is 5.69 Å². The lowest BCUT2D eigenvalue weighted by Crippen LogP contribution is -2.20. The number of halogens is 1. The van der Waals surface area contributed by atoms with Crippen LogP contribution in [0, 0.1) is 6.92 Å². The SMILES string of the molecule is Cc1cc(Cl)ccc1NCC1CCC(C)O1. The first-order valence-electron chi connectivity index (χ1n) is 5.80. The lowest BCUT2D eigenvalue weighted by molar-refractivity contribution is 0.0637. The molecule has 0 saturated carbocycles. The average molecular weight is 240 g/mol. The van der Waals surface area contributed by atoms with Crippen molar-refractivity contribution in [2.24, 2.45) is 0 Å². The zero-order valence-electron chi connectivity index (χ0n) is 9.79. The quantitative estimate of drug-likeness (QED) is 0.870. The monoisotopic (exact) mass is 239 g/mol. The van der Waals surface area contributed by atoms with E-state index >= 15 is 0 Å². The molecule has 2 nitrogen and oxygen atoms in total. The van der Waals surface area contributed by atoms with Gasteiger partial charge in [-0.15, -0.1) is 0 Å². The maximum atomic E-state index is 5.91. The van der Waals surface area contributed by atoms with Crippen molar-refractivity contribution < 1.29 is 4.74 Å². The highest BCUT2D eigenvalue weighted by Crippen LogP contribution is 2.22. The van der Waals surface area contributed by atoms with Crippen LogP contribution in [0.2, 0.25) is 5.02 Å². The van der Waals surface area contributed by atoms with Gasteiger partial charge in [-0.1, -0.05) is 11.6 Å². The molecular weight excluding hydrogens is 222 g/mol. The number of benzene rings is 1. The van der Waals surface area contributed by atoms with E-state index in [0.717, 1.165) is 23.7 Å². The number of anilines is 1. The van der Waals surface area contributed by atoms with Crippen molar-refractivity contribution in [2.75, 3.05) is 11.9 Å². The molecule has 1 aliphatic rings. The predicted octanol–water partition coefficient (Wildman–Crippen LogP) is 3.63. The van der Waals surface area contributed by atoms with E-state index in [2.05, 4.69) is 19.2 Å². The number of rotatable bonds is 3. The van der Waals surface area contributed by atoms with Crippen molar-refractivity contribution >= 4 is 17.3 Å². The first kappa shape index (κ1) is 11.7. The van der Waals surface area contributed by atoms with Crippen LogP contribution < -0.4 is 5.32 Å². The topological polar surface area (TPSA) is 21.3 Å². The summed E-state index contributed by atoms with van der Waals surface area (Å²) in [6.45, 7) is 5.08. The van der Waals surface area contributed by atoms with Crippen molar-refractivity contribution in [3.05, 3.63) is 28.8 Å². The van der Waals surface area contributed by atoms with Gasteiger partial charge < -0.3 is 10.1 Å². The Bertz CT molecular complexity index is 367. The molecule has 1 N–H and O–H groups in total. The van der Waals surface area contributed by atoms with E-state index in [1.54, 1.807) is 0 Å². The van der Waals surface area contributed by atoms with Gasteiger partial charge in [-0.3, -0.25) is 0 Å². The molecule has 88 valence electrons. The second-order valence-corrected chi connectivity index (χ2v) is 4.92. The molecule has 0 aliphatic carbocycles. The number of nitrogens with one attached hydrogen (secondary N) is 1. The lowest BCUT2D eigenvalue weighted by Gasteiger charge is -2.14. The molecule has 2 unspecified atom stereocenters. The Balaban J connectivity index is 1.89. The van der Waals surface area contributed by atoms with Crippen molar-refractivity contribution in [1.82, 2.24) is 0 Å². The fraction of sp³-hybridized carbons (Fsp3) is 0.538. The Labute approximate surface area is 102 Å². The smallest absolute Gasteiger partial charge is 0.0751 e. The fourth-order valence-corrected chi connectivity index (χ4v) is 2.31. The van der Waals surface area contributed by atoms with E-state index in [1.165, 1.54) is 12.0 Å². The van der Waals surface area contributed by atoms with Crippen molar-refractivity contribution in [3.63, 3.8) is 0 Å². The van der Waals surface area contributed by atoms with Crippen molar-refractivity contribution in [1.29, 1.82) is 0 Å². The second kappa shape index (κ2) is 5.07. The van der Waals surface area contributed by atoms with E-state index in [1.807, 2.05) is 18.2 Å². The average Bonchev–Trinajstić information content (AvgIpc) is 2.63. The summed E-state index contributed by atoms with van der Waals surface area (Å²) >= 11 is 5.91. The molecule has 0 amide bonds. The highest BCUT2D eigenvalue weighted by Gasteiger charge is 2.21. The Hall–Kier alpha value is -0.730. The molecule has 1 aliphatic heterocycles. The predicted molar refractivity (Wildman–Crippen MR) is 68.2 cm³/mol. The van der Waals surface area contributed by atoms with Crippen LogP contribution in [0.15, 0.2) is 18.2 Å². The lowest BCUT2D eigenvalue weighted by atomic mass is 10.2. The van der Waals surface area contributed by atoms with E-state index in [0.29, 0.717) is 12.2 Å². The van der Waals surface area contributed by atoms with E-state index in [4.69, 9.17) is 16.3 Å². The summed E-state index contributed by atoms with van der Waals surface area (Å²) in [5, 5.41) is 4.20. The van der Waals surface area contributed by atoms with Gasteiger partial charge in [0.1, 0.15) is 0 Å². The minimum atomic E-state index is 0.352. The third kappa shape index (κ3) is 2.89. The molecule has 1 aromatic rings. The molecule has 3 heteroatoms. The molecule has 1 heterocycles. The van der Waals surface area contributed by atoms with Gasteiger partial charge in [-0.25, -0.2) is 0 Å². The molecule has 2 rings (SSSR count). The Kier molecular flexibility index (Phi) is 3.72. The second-order valence-electron chi connectivity index (χ2n) is 4.49. The minimum absolute atomic E-state index is 0.352. The molecule has 0 bridgehead atoms. The summed E-state index contributed by atoms with van der Waals surface area (Å²) in [6, 6.07) is 5.91. The molecule has 0 aromatic heterocycles. The molecule has 2 atom stereocenters. The third-order valence-electron chi connectivity index (χ3n) is 3.03. The van der Waals surface area contributed by atoms with Crippen LogP contribution in [-0.4, -0.2) is 18.8 Å². The highest BCUT2D eigenvalue weighted by molar-refractivity contribution is 6.30. The van der Waals surface area contributed by atoms with Gasteiger partial charge in [0.05, 0.1) is 12.2 Å². The highest BCUT2D eigenvalue weighted by atomic mass is 35.5. The van der Waals surface area contributed by atoms with Crippen LogP contribution in [0.25, 0.3) is 0 Å². The van der Waals surface area contributed by atoms with Gasteiger partial charge in [-0.2, -0.15) is 0 Å². The van der Waals surface area contributed by atoms with Gasteiger partial charge in [0.15, 0.2) is 0 Å². The van der Waals surface area contributed by atoms with Gasteiger partial charge >= 0.3 is 0 Å². The van der Waals surface area contributed by atoms with Crippen molar-refractivity contribution in [2.45, 2.75) is 38.9 Å². The van der Waals surface area contributed by atoms with Gasteiger partial charge in [0.2, 0.25) is 0 Å². The molecule has 1 aromatic carbocycles. The van der Waals surface area contributed by atoms with E-state index < -0.39 is 0 Å². The number of aryl methyl sites for hydroxylation is 1.